The Morgan fingerprint density at radius 3 is 2.26 bits per heavy atom. The number of benzene rings is 1. The molecular formula is C22H33N3O2. The Labute approximate surface area is 163 Å². The minimum atomic E-state index is 0.153. The summed E-state index contributed by atoms with van der Waals surface area (Å²) >= 11 is 0. The van der Waals surface area contributed by atoms with Crippen molar-refractivity contribution in [2.45, 2.75) is 52.1 Å². The van der Waals surface area contributed by atoms with Crippen LogP contribution in [0.1, 0.15) is 45.1 Å². The zero-order valence-corrected chi connectivity index (χ0v) is 16.8. The topological polar surface area (TPSA) is 43.9 Å². The molecule has 3 rings (SSSR count). The van der Waals surface area contributed by atoms with Crippen LogP contribution in [0.25, 0.3) is 0 Å². The van der Waals surface area contributed by atoms with E-state index in [0.29, 0.717) is 19.0 Å². The van der Waals surface area contributed by atoms with Gasteiger partial charge in [0.25, 0.3) is 0 Å². The Kier molecular flexibility index (Phi) is 6.89. The lowest BCUT2D eigenvalue weighted by molar-refractivity contribution is -0.137. The van der Waals surface area contributed by atoms with Gasteiger partial charge in [-0.2, -0.15) is 0 Å². The summed E-state index contributed by atoms with van der Waals surface area (Å²) in [7, 11) is 0. The molecule has 2 heterocycles. The molecular weight excluding hydrogens is 338 g/mol. The first-order valence-corrected chi connectivity index (χ1v) is 10.4. The van der Waals surface area contributed by atoms with Crippen LogP contribution in [-0.2, 0) is 16.1 Å². The van der Waals surface area contributed by atoms with Gasteiger partial charge in [0.1, 0.15) is 0 Å². The number of nitrogens with zero attached hydrogens (tertiary/aromatic N) is 3. The zero-order chi connectivity index (χ0) is 19.2. The van der Waals surface area contributed by atoms with E-state index in [1.807, 2.05) is 28.0 Å². The van der Waals surface area contributed by atoms with Crippen molar-refractivity contribution in [2.24, 2.45) is 5.92 Å². The fourth-order valence-corrected chi connectivity index (χ4v) is 4.15. The summed E-state index contributed by atoms with van der Waals surface area (Å²) < 4.78 is 0. The van der Waals surface area contributed by atoms with Crippen molar-refractivity contribution >= 4 is 11.8 Å². The highest BCUT2D eigenvalue weighted by atomic mass is 16.2. The van der Waals surface area contributed by atoms with E-state index >= 15 is 0 Å². The maximum atomic E-state index is 12.9. The van der Waals surface area contributed by atoms with Gasteiger partial charge in [-0.1, -0.05) is 30.3 Å². The minimum Gasteiger partial charge on any atom is -0.342 e. The normalized spacial score (nSPS) is 18.9. The van der Waals surface area contributed by atoms with Gasteiger partial charge >= 0.3 is 0 Å². The van der Waals surface area contributed by atoms with Gasteiger partial charge < -0.3 is 9.80 Å². The van der Waals surface area contributed by atoms with Crippen molar-refractivity contribution in [1.82, 2.24) is 14.7 Å². The second-order valence-electron chi connectivity index (χ2n) is 8.18. The molecule has 27 heavy (non-hydrogen) atoms. The molecule has 2 amide bonds. The summed E-state index contributed by atoms with van der Waals surface area (Å²) in [6, 6.07) is 10.3. The van der Waals surface area contributed by atoms with Gasteiger partial charge in [0.2, 0.25) is 11.8 Å². The van der Waals surface area contributed by atoms with Crippen molar-refractivity contribution in [2.75, 3.05) is 32.7 Å². The average molecular weight is 372 g/mol. The van der Waals surface area contributed by atoms with Crippen LogP contribution in [0.2, 0.25) is 0 Å². The van der Waals surface area contributed by atoms with Crippen molar-refractivity contribution in [1.29, 1.82) is 0 Å². The molecule has 148 valence electrons. The fourth-order valence-electron chi connectivity index (χ4n) is 4.15. The number of likely N-dealkylation sites (tertiary alicyclic amines) is 2. The fraction of sp³-hybridized carbons (Fsp3) is 0.636. The van der Waals surface area contributed by atoms with Crippen molar-refractivity contribution in [3.8, 4) is 0 Å². The lowest BCUT2D eigenvalue weighted by atomic mass is 9.95. The third-order valence-corrected chi connectivity index (χ3v) is 5.85. The number of rotatable bonds is 6. The van der Waals surface area contributed by atoms with Gasteiger partial charge in [-0.25, -0.2) is 0 Å². The van der Waals surface area contributed by atoms with Crippen LogP contribution >= 0.6 is 0 Å². The summed E-state index contributed by atoms with van der Waals surface area (Å²) in [5.74, 6) is 0.671. The smallest absolute Gasteiger partial charge is 0.237 e. The van der Waals surface area contributed by atoms with Crippen LogP contribution in [-0.4, -0.2) is 65.3 Å². The van der Waals surface area contributed by atoms with E-state index in [4.69, 9.17) is 0 Å². The largest absolute Gasteiger partial charge is 0.342 e. The predicted molar refractivity (Wildman–Crippen MR) is 107 cm³/mol. The molecule has 0 aliphatic carbocycles. The van der Waals surface area contributed by atoms with Crippen LogP contribution in [0.4, 0.5) is 0 Å². The van der Waals surface area contributed by atoms with E-state index in [1.165, 1.54) is 0 Å². The molecule has 0 saturated carbocycles. The zero-order valence-electron chi connectivity index (χ0n) is 16.8. The SMILES string of the molecule is CC(C)N(Cc1ccccc1)C(=O)CN1CCC(C(=O)N2CCCC2)CC1. The molecule has 5 heteroatoms. The van der Waals surface area contributed by atoms with Gasteiger partial charge in [0.15, 0.2) is 0 Å². The average Bonchev–Trinajstić information content (AvgIpc) is 3.21. The summed E-state index contributed by atoms with van der Waals surface area (Å²) in [6.45, 7) is 8.79. The molecule has 2 saturated heterocycles. The first kappa shape index (κ1) is 19.9. The maximum absolute atomic E-state index is 12.9. The lowest BCUT2D eigenvalue weighted by Crippen LogP contribution is -2.47. The second-order valence-corrected chi connectivity index (χ2v) is 8.18. The van der Waals surface area contributed by atoms with E-state index < -0.39 is 0 Å². The van der Waals surface area contributed by atoms with Crippen molar-refractivity contribution in [3.05, 3.63) is 35.9 Å². The van der Waals surface area contributed by atoms with Gasteiger partial charge in [0.05, 0.1) is 6.54 Å². The van der Waals surface area contributed by atoms with E-state index in [2.05, 4.69) is 30.9 Å². The molecule has 0 spiro atoms. The van der Waals surface area contributed by atoms with Gasteiger partial charge in [-0.15, -0.1) is 0 Å². The van der Waals surface area contributed by atoms with Crippen LogP contribution in [0.3, 0.4) is 0 Å². The van der Waals surface area contributed by atoms with Crippen molar-refractivity contribution in [3.63, 3.8) is 0 Å². The molecule has 5 nitrogen and oxygen atoms in total. The summed E-state index contributed by atoms with van der Waals surface area (Å²) in [5.41, 5.74) is 1.16. The van der Waals surface area contributed by atoms with Gasteiger partial charge in [-0.05, 0) is 58.2 Å². The Hall–Kier alpha value is -1.88. The first-order chi connectivity index (χ1) is 13.0. The summed E-state index contributed by atoms with van der Waals surface area (Å²) in [4.78, 5) is 31.7. The van der Waals surface area contributed by atoms with E-state index in [1.54, 1.807) is 0 Å². The minimum absolute atomic E-state index is 0.153. The standard InChI is InChI=1S/C22H33N3O2/c1-18(2)25(16-19-8-4-3-5-9-19)21(26)17-23-14-10-20(11-15-23)22(27)24-12-6-7-13-24/h3-5,8-9,18,20H,6-7,10-17H2,1-2H3. The Morgan fingerprint density at radius 2 is 1.67 bits per heavy atom. The molecule has 0 N–H and O–H groups in total. The predicted octanol–water partition coefficient (Wildman–Crippen LogP) is 2.76. The molecule has 0 bridgehead atoms. The molecule has 2 fully saturated rings. The van der Waals surface area contributed by atoms with Crippen LogP contribution < -0.4 is 0 Å². The molecule has 0 atom stereocenters. The maximum Gasteiger partial charge on any atom is 0.237 e. The van der Waals surface area contributed by atoms with Gasteiger partial charge in [-0.3, -0.25) is 14.5 Å². The van der Waals surface area contributed by atoms with Crippen molar-refractivity contribution < 1.29 is 9.59 Å². The molecule has 1 aromatic carbocycles. The third kappa shape index (κ3) is 5.32. The third-order valence-electron chi connectivity index (χ3n) is 5.85. The monoisotopic (exact) mass is 371 g/mol. The van der Waals surface area contributed by atoms with E-state index in [9.17, 15) is 9.59 Å². The lowest BCUT2D eigenvalue weighted by Gasteiger charge is -2.35. The van der Waals surface area contributed by atoms with E-state index in [0.717, 1.165) is 57.4 Å². The second kappa shape index (κ2) is 9.36. The number of hydrogen-bond acceptors (Lipinski definition) is 3. The van der Waals surface area contributed by atoms with Crippen LogP contribution in [0.15, 0.2) is 30.3 Å². The molecule has 2 aliphatic heterocycles. The number of carbonyl (C=O) groups excluding carboxylic acids is 2. The Morgan fingerprint density at radius 1 is 1.04 bits per heavy atom. The highest BCUT2D eigenvalue weighted by molar-refractivity contribution is 5.80. The van der Waals surface area contributed by atoms with Crippen LogP contribution in [0, 0.1) is 5.92 Å². The summed E-state index contributed by atoms with van der Waals surface area (Å²) in [5, 5.41) is 0. The van der Waals surface area contributed by atoms with Crippen LogP contribution in [0.5, 0.6) is 0 Å². The highest BCUT2D eigenvalue weighted by Crippen LogP contribution is 2.22. The highest BCUT2D eigenvalue weighted by Gasteiger charge is 2.31. The number of hydrogen-bond donors (Lipinski definition) is 0. The van der Waals surface area contributed by atoms with Gasteiger partial charge in [0, 0.05) is 31.6 Å². The number of carbonyl (C=O) groups is 2. The number of piperidine rings is 1. The molecule has 0 aromatic heterocycles. The molecule has 1 aromatic rings. The first-order valence-electron chi connectivity index (χ1n) is 10.4. The van der Waals surface area contributed by atoms with E-state index in [-0.39, 0.29) is 17.9 Å². The summed E-state index contributed by atoms with van der Waals surface area (Å²) in [6.07, 6.45) is 4.04. The quantitative estimate of drug-likeness (QED) is 0.772. The number of amides is 2. The Balaban J connectivity index is 1.49. The molecule has 2 aliphatic rings. The Bertz CT molecular complexity index is 618. The molecule has 0 radical (unpaired) electrons. The molecule has 0 unspecified atom stereocenters.